The largest absolute Gasteiger partial charge is 0.484 e. The van der Waals surface area contributed by atoms with E-state index in [1.165, 1.54) is 24.3 Å². The van der Waals surface area contributed by atoms with Gasteiger partial charge < -0.3 is 9.47 Å². The van der Waals surface area contributed by atoms with Crippen molar-refractivity contribution < 1.29 is 23.0 Å². The van der Waals surface area contributed by atoms with Gasteiger partial charge in [0.1, 0.15) is 5.75 Å². The maximum Gasteiger partial charge on any atom is 0.338 e. The molecule has 3 nitrogen and oxygen atoms in total. The number of halogens is 2. The first-order valence-electron chi connectivity index (χ1n) is 6.84. The molecule has 0 heterocycles. The summed E-state index contributed by atoms with van der Waals surface area (Å²) < 4.78 is 37.5. The highest BCUT2D eigenvalue weighted by atomic mass is 19.3. The molecule has 2 rings (SSSR count). The number of carbonyl (C=O) groups is 1. The number of esters is 1. The molecule has 5 heteroatoms. The van der Waals surface area contributed by atoms with Crippen molar-refractivity contribution in [3.05, 3.63) is 29.8 Å². The molecular weight excluding hydrogens is 266 g/mol. The first-order chi connectivity index (χ1) is 9.53. The minimum atomic E-state index is -2.78. The lowest BCUT2D eigenvalue weighted by Crippen LogP contribution is -2.40. The quantitative estimate of drug-likeness (QED) is 0.788. The molecule has 1 atom stereocenters. The summed E-state index contributed by atoms with van der Waals surface area (Å²) in [6.45, 7) is 2.02. The summed E-state index contributed by atoms with van der Waals surface area (Å²) in [6, 6.07) is 6.09. The van der Waals surface area contributed by atoms with Crippen molar-refractivity contribution in [2.24, 2.45) is 0 Å². The maximum atomic E-state index is 13.7. The molecule has 0 amide bonds. The lowest BCUT2D eigenvalue weighted by atomic mass is 9.94. The molecular formula is C15H18F2O3. The van der Waals surface area contributed by atoms with Crippen molar-refractivity contribution in [3.63, 3.8) is 0 Å². The minimum Gasteiger partial charge on any atom is -0.484 e. The molecule has 0 bridgehead atoms. The van der Waals surface area contributed by atoms with Gasteiger partial charge in [-0.15, -0.1) is 0 Å². The molecule has 0 N–H and O–H groups in total. The van der Waals surface area contributed by atoms with Gasteiger partial charge in [0.15, 0.2) is 6.10 Å². The lowest BCUT2D eigenvalue weighted by Gasteiger charge is -2.31. The van der Waals surface area contributed by atoms with Gasteiger partial charge in [0, 0.05) is 6.42 Å². The van der Waals surface area contributed by atoms with E-state index in [-0.39, 0.29) is 6.42 Å². The van der Waals surface area contributed by atoms with Crippen LogP contribution in [0.1, 0.15) is 43.0 Å². The molecule has 1 fully saturated rings. The van der Waals surface area contributed by atoms with E-state index in [0.29, 0.717) is 30.8 Å². The van der Waals surface area contributed by atoms with E-state index >= 15 is 0 Å². The van der Waals surface area contributed by atoms with Crippen LogP contribution in [-0.2, 0) is 4.74 Å². The third-order valence-corrected chi connectivity index (χ3v) is 3.34. The topological polar surface area (TPSA) is 35.5 Å². The van der Waals surface area contributed by atoms with Crippen LogP contribution in [0.2, 0.25) is 0 Å². The Kier molecular flexibility index (Phi) is 4.57. The Hall–Kier alpha value is -1.65. The van der Waals surface area contributed by atoms with Crippen LogP contribution in [0.25, 0.3) is 0 Å². The molecule has 1 saturated carbocycles. The van der Waals surface area contributed by atoms with E-state index in [1.54, 1.807) is 6.92 Å². The molecule has 1 aromatic carbocycles. The van der Waals surface area contributed by atoms with Crippen LogP contribution < -0.4 is 4.74 Å². The molecule has 1 unspecified atom stereocenters. The second-order valence-corrected chi connectivity index (χ2v) is 4.86. The van der Waals surface area contributed by atoms with Gasteiger partial charge in [0.25, 0.3) is 5.92 Å². The van der Waals surface area contributed by atoms with Gasteiger partial charge in [0.2, 0.25) is 0 Å². The van der Waals surface area contributed by atoms with E-state index in [1.807, 2.05) is 0 Å². The number of hydrogen-bond donors (Lipinski definition) is 0. The summed E-state index contributed by atoms with van der Waals surface area (Å²) in [5, 5.41) is 0. The number of alkyl halides is 2. The first-order valence-corrected chi connectivity index (χ1v) is 6.84. The van der Waals surface area contributed by atoms with Gasteiger partial charge in [-0.05, 0) is 50.5 Å². The number of hydrogen-bond acceptors (Lipinski definition) is 3. The van der Waals surface area contributed by atoms with Crippen molar-refractivity contribution in [2.45, 2.75) is 44.6 Å². The van der Waals surface area contributed by atoms with Crippen molar-refractivity contribution in [3.8, 4) is 5.75 Å². The predicted octanol–water partition coefficient (Wildman–Crippen LogP) is 3.82. The van der Waals surface area contributed by atoms with Crippen molar-refractivity contribution in [1.29, 1.82) is 0 Å². The zero-order chi connectivity index (χ0) is 14.6. The number of ether oxygens (including phenoxy) is 2. The van der Waals surface area contributed by atoms with Crippen molar-refractivity contribution in [2.75, 3.05) is 6.61 Å². The van der Waals surface area contributed by atoms with Crippen LogP contribution in [-0.4, -0.2) is 24.6 Å². The van der Waals surface area contributed by atoms with Crippen LogP contribution in [0.15, 0.2) is 24.3 Å². The number of benzene rings is 1. The summed E-state index contributed by atoms with van der Waals surface area (Å²) in [5.41, 5.74) is 0.384. The SMILES string of the molecule is CCOC(=O)c1ccc(OC2CCCCC2(F)F)cc1. The van der Waals surface area contributed by atoms with Crippen molar-refractivity contribution >= 4 is 5.97 Å². The zero-order valence-corrected chi connectivity index (χ0v) is 11.4. The highest BCUT2D eigenvalue weighted by molar-refractivity contribution is 5.89. The highest BCUT2D eigenvalue weighted by Crippen LogP contribution is 2.36. The van der Waals surface area contributed by atoms with Gasteiger partial charge in [-0.2, -0.15) is 0 Å². The van der Waals surface area contributed by atoms with Gasteiger partial charge in [-0.25, -0.2) is 13.6 Å². The van der Waals surface area contributed by atoms with Gasteiger partial charge >= 0.3 is 5.97 Å². The molecule has 0 spiro atoms. The molecule has 110 valence electrons. The normalized spacial score (nSPS) is 21.2. The zero-order valence-electron chi connectivity index (χ0n) is 11.4. The van der Waals surface area contributed by atoms with E-state index in [9.17, 15) is 13.6 Å². The molecule has 0 aromatic heterocycles. The molecule has 0 radical (unpaired) electrons. The number of carbonyl (C=O) groups excluding carboxylic acids is 1. The Balaban J connectivity index is 2.01. The molecule has 1 aromatic rings. The van der Waals surface area contributed by atoms with E-state index in [2.05, 4.69) is 0 Å². The summed E-state index contributed by atoms with van der Waals surface area (Å²) in [4.78, 5) is 11.5. The number of rotatable bonds is 4. The fraction of sp³-hybridized carbons (Fsp3) is 0.533. The van der Waals surface area contributed by atoms with Crippen LogP contribution in [0.5, 0.6) is 5.75 Å². The molecule has 20 heavy (non-hydrogen) atoms. The van der Waals surface area contributed by atoms with Crippen molar-refractivity contribution in [1.82, 2.24) is 0 Å². The summed E-state index contributed by atoms with van der Waals surface area (Å²) in [7, 11) is 0. The minimum absolute atomic E-state index is 0.126. The van der Waals surface area contributed by atoms with E-state index in [4.69, 9.17) is 9.47 Å². The fourth-order valence-corrected chi connectivity index (χ4v) is 2.26. The molecule has 1 aliphatic rings. The predicted molar refractivity (Wildman–Crippen MR) is 70.2 cm³/mol. The monoisotopic (exact) mass is 284 g/mol. The Morgan fingerprint density at radius 1 is 1.30 bits per heavy atom. The molecule has 0 aliphatic heterocycles. The Morgan fingerprint density at radius 2 is 2.00 bits per heavy atom. The average molecular weight is 284 g/mol. The third kappa shape index (κ3) is 3.46. The van der Waals surface area contributed by atoms with Crippen LogP contribution >= 0.6 is 0 Å². The third-order valence-electron chi connectivity index (χ3n) is 3.34. The second kappa shape index (κ2) is 6.20. The van der Waals surface area contributed by atoms with Crippen LogP contribution in [0, 0.1) is 0 Å². The smallest absolute Gasteiger partial charge is 0.338 e. The average Bonchev–Trinajstić information content (AvgIpc) is 2.42. The summed E-state index contributed by atoms with van der Waals surface area (Å²) >= 11 is 0. The van der Waals surface area contributed by atoms with Crippen LogP contribution in [0.3, 0.4) is 0 Å². The summed E-state index contributed by atoms with van der Waals surface area (Å²) in [5.74, 6) is -2.86. The Bertz CT molecular complexity index is 457. The maximum absolute atomic E-state index is 13.7. The Morgan fingerprint density at radius 3 is 2.60 bits per heavy atom. The van der Waals surface area contributed by atoms with Gasteiger partial charge in [0.05, 0.1) is 12.2 Å². The van der Waals surface area contributed by atoms with E-state index in [0.717, 1.165) is 6.42 Å². The molecule has 1 aliphatic carbocycles. The van der Waals surface area contributed by atoms with E-state index < -0.39 is 18.0 Å². The second-order valence-electron chi connectivity index (χ2n) is 4.86. The van der Waals surface area contributed by atoms with Crippen LogP contribution in [0.4, 0.5) is 8.78 Å². The van der Waals surface area contributed by atoms with Gasteiger partial charge in [-0.1, -0.05) is 0 Å². The van der Waals surface area contributed by atoms with Gasteiger partial charge in [-0.3, -0.25) is 0 Å². The first kappa shape index (κ1) is 14.8. The summed E-state index contributed by atoms with van der Waals surface area (Å²) in [6.07, 6.45) is 0.436. The Labute approximate surface area is 116 Å². The molecule has 0 saturated heterocycles. The lowest BCUT2D eigenvalue weighted by molar-refractivity contribution is -0.119. The highest BCUT2D eigenvalue weighted by Gasteiger charge is 2.43. The fourth-order valence-electron chi connectivity index (χ4n) is 2.26. The standard InChI is InChI=1S/C15H18F2O3/c1-2-19-14(18)11-6-8-12(9-7-11)20-13-5-3-4-10-15(13,16)17/h6-9,13H,2-5,10H2,1H3.